The van der Waals surface area contributed by atoms with Gasteiger partial charge in [-0.25, -0.2) is 8.42 Å². The molecule has 0 heterocycles. The van der Waals surface area contributed by atoms with Crippen LogP contribution in [0.2, 0.25) is 0 Å². The fourth-order valence-corrected chi connectivity index (χ4v) is 3.07. The maximum atomic E-state index is 12.8. The second-order valence-electron chi connectivity index (χ2n) is 4.98. The number of ether oxygens (including phenoxy) is 1. The molecule has 0 N–H and O–H groups in total. The summed E-state index contributed by atoms with van der Waals surface area (Å²) >= 11 is 0. The molecule has 104 valence electrons. The van der Waals surface area contributed by atoms with E-state index in [1.165, 1.54) is 0 Å². The molecule has 0 aliphatic heterocycles. The SMILES string of the molecule is O=C(OCC(F)(F)S(=O)(=O)[O-])C1CC2CCC1C2. The van der Waals surface area contributed by atoms with Gasteiger partial charge in [0.1, 0.15) is 0 Å². The molecule has 0 spiro atoms. The van der Waals surface area contributed by atoms with Crippen molar-refractivity contribution in [3.8, 4) is 0 Å². The van der Waals surface area contributed by atoms with Crippen LogP contribution in [0, 0.1) is 17.8 Å². The highest BCUT2D eigenvalue weighted by Gasteiger charge is 2.45. The van der Waals surface area contributed by atoms with Gasteiger partial charge in [0.15, 0.2) is 16.7 Å². The number of hydrogen-bond acceptors (Lipinski definition) is 5. The number of esters is 1. The predicted molar refractivity (Wildman–Crippen MR) is 54.5 cm³/mol. The van der Waals surface area contributed by atoms with Crippen LogP contribution in [0.4, 0.5) is 8.78 Å². The molecule has 2 aliphatic rings. The molecule has 0 aromatic rings. The third kappa shape index (κ3) is 2.49. The van der Waals surface area contributed by atoms with E-state index in [-0.39, 0.29) is 5.92 Å². The van der Waals surface area contributed by atoms with Crippen molar-refractivity contribution < 1.29 is 31.3 Å². The Morgan fingerprint density at radius 2 is 2.00 bits per heavy atom. The first-order valence-corrected chi connectivity index (χ1v) is 7.11. The summed E-state index contributed by atoms with van der Waals surface area (Å²) in [5.41, 5.74) is 0. The summed E-state index contributed by atoms with van der Waals surface area (Å²) in [6, 6.07) is 0. The van der Waals surface area contributed by atoms with E-state index in [9.17, 15) is 26.5 Å². The second kappa shape index (κ2) is 4.41. The van der Waals surface area contributed by atoms with Gasteiger partial charge in [0.05, 0.1) is 5.92 Å². The molecule has 0 saturated heterocycles. The van der Waals surface area contributed by atoms with Crippen molar-refractivity contribution in [2.75, 3.05) is 6.61 Å². The number of hydrogen-bond donors (Lipinski definition) is 0. The fourth-order valence-electron chi connectivity index (χ4n) is 2.87. The van der Waals surface area contributed by atoms with Gasteiger partial charge >= 0.3 is 11.2 Å². The quantitative estimate of drug-likeness (QED) is 0.570. The summed E-state index contributed by atoms with van der Waals surface area (Å²) in [6.07, 6.45) is 3.43. The summed E-state index contributed by atoms with van der Waals surface area (Å²) in [6.45, 7) is -1.69. The summed E-state index contributed by atoms with van der Waals surface area (Å²) in [7, 11) is -5.79. The Hall–Kier alpha value is -0.760. The molecule has 2 fully saturated rings. The first-order chi connectivity index (χ1) is 8.21. The van der Waals surface area contributed by atoms with E-state index in [2.05, 4.69) is 4.74 Å². The van der Waals surface area contributed by atoms with Crippen LogP contribution < -0.4 is 0 Å². The van der Waals surface area contributed by atoms with Gasteiger partial charge in [-0.15, -0.1) is 0 Å². The van der Waals surface area contributed by atoms with Crippen molar-refractivity contribution in [2.24, 2.45) is 17.8 Å². The van der Waals surface area contributed by atoms with Crippen molar-refractivity contribution in [3.63, 3.8) is 0 Å². The summed E-state index contributed by atoms with van der Waals surface area (Å²) in [5.74, 6) is -0.643. The second-order valence-corrected chi connectivity index (χ2v) is 6.49. The van der Waals surface area contributed by atoms with Crippen LogP contribution in [-0.2, 0) is 19.6 Å². The third-order valence-corrected chi connectivity index (χ3v) is 4.64. The van der Waals surface area contributed by atoms with Crippen LogP contribution in [-0.4, -0.2) is 30.8 Å². The molecule has 0 radical (unpaired) electrons. The van der Waals surface area contributed by atoms with Crippen LogP contribution in [0.3, 0.4) is 0 Å². The van der Waals surface area contributed by atoms with E-state index in [4.69, 9.17) is 0 Å². The van der Waals surface area contributed by atoms with Gasteiger partial charge in [0.2, 0.25) is 0 Å². The minimum absolute atomic E-state index is 0.153. The highest BCUT2D eigenvalue weighted by molar-refractivity contribution is 7.86. The Balaban J connectivity index is 1.90. The zero-order chi connectivity index (χ0) is 13.6. The molecule has 2 aliphatic carbocycles. The maximum absolute atomic E-state index is 12.8. The largest absolute Gasteiger partial charge is 0.743 e. The molecule has 3 unspecified atom stereocenters. The molecule has 2 bridgehead atoms. The standard InChI is InChI=1S/C10H14F2O5S/c11-10(12,18(14,15)16)5-17-9(13)8-4-6-1-2-7(8)3-6/h6-8H,1-5H2,(H,14,15,16)/p-1. The van der Waals surface area contributed by atoms with Crippen LogP contribution in [0.25, 0.3) is 0 Å². The number of rotatable bonds is 4. The Morgan fingerprint density at radius 3 is 2.44 bits per heavy atom. The van der Waals surface area contributed by atoms with Crippen molar-refractivity contribution in [3.05, 3.63) is 0 Å². The Labute approximate surface area is 103 Å². The average molecular weight is 283 g/mol. The van der Waals surface area contributed by atoms with Gasteiger partial charge in [0, 0.05) is 0 Å². The molecule has 0 amide bonds. The van der Waals surface area contributed by atoms with E-state index in [0.717, 1.165) is 19.3 Å². The van der Waals surface area contributed by atoms with Gasteiger partial charge < -0.3 is 9.29 Å². The van der Waals surface area contributed by atoms with Crippen LogP contribution >= 0.6 is 0 Å². The predicted octanol–water partition coefficient (Wildman–Crippen LogP) is 1.10. The molecule has 5 nitrogen and oxygen atoms in total. The average Bonchev–Trinajstić information content (AvgIpc) is 2.85. The molecule has 0 aromatic carbocycles. The molecule has 18 heavy (non-hydrogen) atoms. The first-order valence-electron chi connectivity index (χ1n) is 5.70. The zero-order valence-electron chi connectivity index (χ0n) is 9.47. The highest BCUT2D eigenvalue weighted by atomic mass is 32.2. The molecule has 3 atom stereocenters. The fraction of sp³-hybridized carbons (Fsp3) is 0.900. The van der Waals surface area contributed by atoms with Gasteiger partial charge in [-0.2, -0.15) is 8.78 Å². The summed E-state index contributed by atoms with van der Waals surface area (Å²) < 4.78 is 60.5. The highest BCUT2D eigenvalue weighted by Crippen LogP contribution is 2.48. The minimum Gasteiger partial charge on any atom is -0.743 e. The first kappa shape index (κ1) is 13.7. The van der Waals surface area contributed by atoms with Gasteiger partial charge in [-0.05, 0) is 31.1 Å². The summed E-state index contributed by atoms with van der Waals surface area (Å²) in [4.78, 5) is 11.6. The van der Waals surface area contributed by atoms with E-state index in [1.807, 2.05) is 0 Å². The Morgan fingerprint density at radius 1 is 1.33 bits per heavy atom. The normalized spacial score (nSPS) is 31.6. The van der Waals surface area contributed by atoms with E-state index >= 15 is 0 Å². The lowest BCUT2D eigenvalue weighted by Gasteiger charge is -2.23. The number of carbonyl (C=O) groups excluding carboxylic acids is 1. The van der Waals surface area contributed by atoms with Gasteiger partial charge in [-0.1, -0.05) is 6.42 Å². The lowest BCUT2D eigenvalue weighted by molar-refractivity contribution is -0.156. The molecular weight excluding hydrogens is 270 g/mol. The van der Waals surface area contributed by atoms with Crippen molar-refractivity contribution in [1.29, 1.82) is 0 Å². The van der Waals surface area contributed by atoms with E-state index < -0.39 is 33.9 Å². The number of fused-ring (bicyclic) bond motifs is 2. The van der Waals surface area contributed by atoms with Gasteiger partial charge in [0.25, 0.3) is 0 Å². The van der Waals surface area contributed by atoms with Crippen molar-refractivity contribution >= 4 is 16.1 Å². The number of halogens is 2. The molecule has 8 heteroatoms. The van der Waals surface area contributed by atoms with E-state index in [1.54, 1.807) is 0 Å². The number of alkyl halides is 2. The molecule has 2 saturated carbocycles. The van der Waals surface area contributed by atoms with Crippen LogP contribution in [0.5, 0.6) is 0 Å². The summed E-state index contributed by atoms with van der Waals surface area (Å²) in [5, 5.41) is -4.56. The Kier molecular flexibility index (Phi) is 3.35. The topological polar surface area (TPSA) is 83.5 Å². The Bertz CT molecular complexity index is 447. The van der Waals surface area contributed by atoms with Crippen molar-refractivity contribution in [2.45, 2.75) is 30.9 Å². The lowest BCUT2D eigenvalue weighted by atomic mass is 9.89. The monoisotopic (exact) mass is 283 g/mol. The van der Waals surface area contributed by atoms with Crippen LogP contribution in [0.15, 0.2) is 0 Å². The maximum Gasteiger partial charge on any atom is 0.367 e. The van der Waals surface area contributed by atoms with E-state index in [0.29, 0.717) is 12.3 Å². The smallest absolute Gasteiger partial charge is 0.367 e. The van der Waals surface area contributed by atoms with Crippen LogP contribution in [0.1, 0.15) is 25.7 Å². The zero-order valence-corrected chi connectivity index (χ0v) is 10.3. The molecule has 2 rings (SSSR count). The minimum atomic E-state index is -5.79. The molecule has 0 aromatic heterocycles. The molecular formula is C10H13F2O5S-. The number of carbonyl (C=O) groups is 1. The van der Waals surface area contributed by atoms with Crippen molar-refractivity contribution in [1.82, 2.24) is 0 Å². The third-order valence-electron chi connectivity index (χ3n) is 3.79. The van der Waals surface area contributed by atoms with Gasteiger partial charge in [-0.3, -0.25) is 4.79 Å². The lowest BCUT2D eigenvalue weighted by Crippen LogP contribution is -2.36.